The number of aryl methyl sites for hydroxylation is 1. The summed E-state index contributed by atoms with van der Waals surface area (Å²) in [6, 6.07) is 11.8. The summed E-state index contributed by atoms with van der Waals surface area (Å²) in [5.41, 5.74) is 1.95. The zero-order valence-electron chi connectivity index (χ0n) is 20.5. The fraction of sp³-hybridized carbons (Fsp3) is 0.407. The molecule has 0 aromatic heterocycles. The van der Waals surface area contributed by atoms with Gasteiger partial charge in [0.05, 0.1) is 39.0 Å². The highest BCUT2D eigenvalue weighted by Gasteiger charge is 2.46. The minimum atomic E-state index is -0.752. The molecule has 35 heavy (non-hydrogen) atoms. The molecule has 2 aromatic rings. The second kappa shape index (κ2) is 10.9. The summed E-state index contributed by atoms with van der Waals surface area (Å²) in [5.74, 6) is -0.315. The van der Waals surface area contributed by atoms with Crippen molar-refractivity contribution >= 4 is 17.4 Å². The van der Waals surface area contributed by atoms with E-state index in [-0.39, 0.29) is 11.3 Å². The monoisotopic (exact) mass is 480 g/mol. The number of ketones is 1. The lowest BCUT2D eigenvalue weighted by Crippen LogP contribution is -2.39. The summed E-state index contributed by atoms with van der Waals surface area (Å²) in [5, 5.41) is 11.4. The predicted molar refractivity (Wildman–Crippen MR) is 132 cm³/mol. The Morgan fingerprint density at radius 1 is 1.06 bits per heavy atom. The Morgan fingerprint density at radius 2 is 1.80 bits per heavy atom. The van der Waals surface area contributed by atoms with Gasteiger partial charge in [0.1, 0.15) is 17.3 Å². The summed E-state index contributed by atoms with van der Waals surface area (Å²) in [4.78, 5) is 30.4. The van der Waals surface area contributed by atoms with Crippen LogP contribution in [0, 0.1) is 6.92 Å². The molecule has 2 aliphatic heterocycles. The van der Waals surface area contributed by atoms with E-state index in [2.05, 4.69) is 4.90 Å². The van der Waals surface area contributed by atoms with Crippen molar-refractivity contribution in [3.05, 3.63) is 64.7 Å². The number of ether oxygens (including phenoxy) is 3. The quantitative estimate of drug-likeness (QED) is 0.353. The first kappa shape index (κ1) is 24.8. The molecule has 8 nitrogen and oxygen atoms in total. The fourth-order valence-corrected chi connectivity index (χ4v) is 4.79. The van der Waals surface area contributed by atoms with E-state index in [1.807, 2.05) is 25.1 Å². The third-order valence-electron chi connectivity index (χ3n) is 6.64. The van der Waals surface area contributed by atoms with Crippen molar-refractivity contribution in [1.29, 1.82) is 0 Å². The van der Waals surface area contributed by atoms with Crippen molar-refractivity contribution < 1.29 is 28.9 Å². The predicted octanol–water partition coefficient (Wildman–Crippen LogP) is 3.16. The molecule has 1 amide bonds. The first-order valence-corrected chi connectivity index (χ1v) is 11.8. The van der Waals surface area contributed by atoms with E-state index in [0.29, 0.717) is 48.8 Å². The van der Waals surface area contributed by atoms with Crippen LogP contribution < -0.4 is 9.47 Å². The maximum Gasteiger partial charge on any atom is 0.295 e. The third-order valence-corrected chi connectivity index (χ3v) is 6.64. The number of Topliss-reactive ketones (excluding diaryl/α,β-unsaturated/α-hetero) is 1. The summed E-state index contributed by atoms with van der Waals surface area (Å²) >= 11 is 0. The number of carbonyl (C=O) groups excluding carboxylic acids is 2. The van der Waals surface area contributed by atoms with Crippen molar-refractivity contribution in [2.75, 3.05) is 53.6 Å². The van der Waals surface area contributed by atoms with E-state index in [0.717, 1.165) is 25.2 Å². The molecular weight excluding hydrogens is 448 g/mol. The number of likely N-dealkylation sites (tertiary alicyclic amines) is 1. The number of benzene rings is 2. The van der Waals surface area contributed by atoms with Crippen LogP contribution in [0.2, 0.25) is 0 Å². The molecule has 186 valence electrons. The van der Waals surface area contributed by atoms with Gasteiger partial charge < -0.3 is 24.2 Å². The molecule has 2 aromatic carbocycles. The number of morpholine rings is 1. The van der Waals surface area contributed by atoms with Crippen LogP contribution in [0.3, 0.4) is 0 Å². The molecule has 1 N–H and O–H groups in total. The van der Waals surface area contributed by atoms with Crippen LogP contribution in [0.25, 0.3) is 5.76 Å². The molecule has 2 fully saturated rings. The van der Waals surface area contributed by atoms with Gasteiger partial charge in [-0.3, -0.25) is 14.5 Å². The third kappa shape index (κ3) is 5.04. The number of amides is 1. The topological polar surface area (TPSA) is 88.5 Å². The van der Waals surface area contributed by atoms with Gasteiger partial charge in [-0.25, -0.2) is 0 Å². The zero-order valence-corrected chi connectivity index (χ0v) is 20.5. The van der Waals surface area contributed by atoms with Gasteiger partial charge in [0.15, 0.2) is 0 Å². The molecule has 0 radical (unpaired) electrons. The molecule has 2 saturated heterocycles. The second-order valence-corrected chi connectivity index (χ2v) is 8.72. The fourth-order valence-electron chi connectivity index (χ4n) is 4.79. The molecule has 0 unspecified atom stereocenters. The molecule has 1 atom stereocenters. The standard InChI is InChI=1S/C27H32N2O6/c1-18-17-19(33-2)9-10-20(18)25(30)23-24(21-7-4-5-8-22(21)34-3)29(27(32)26(23)31)12-6-11-28-13-15-35-16-14-28/h4-5,7-10,17,24,30H,6,11-16H2,1-3H3/t24-/m0/s1. The van der Waals surface area contributed by atoms with Crippen LogP contribution in [0.1, 0.15) is 29.2 Å². The van der Waals surface area contributed by atoms with Crippen molar-refractivity contribution in [3.63, 3.8) is 0 Å². The van der Waals surface area contributed by atoms with E-state index in [1.54, 1.807) is 43.4 Å². The first-order chi connectivity index (χ1) is 17.0. The average molecular weight is 481 g/mol. The lowest BCUT2D eigenvalue weighted by Gasteiger charge is -2.29. The van der Waals surface area contributed by atoms with Gasteiger partial charge in [0, 0.05) is 37.3 Å². The lowest BCUT2D eigenvalue weighted by atomic mass is 9.93. The Labute approximate surface area is 205 Å². The minimum absolute atomic E-state index is 0.0686. The molecule has 0 bridgehead atoms. The number of hydrogen-bond acceptors (Lipinski definition) is 7. The maximum absolute atomic E-state index is 13.3. The van der Waals surface area contributed by atoms with Gasteiger partial charge >= 0.3 is 0 Å². The smallest absolute Gasteiger partial charge is 0.295 e. The van der Waals surface area contributed by atoms with Gasteiger partial charge in [-0.2, -0.15) is 0 Å². The highest BCUT2D eigenvalue weighted by molar-refractivity contribution is 6.46. The summed E-state index contributed by atoms with van der Waals surface area (Å²) < 4.78 is 16.3. The maximum atomic E-state index is 13.3. The first-order valence-electron chi connectivity index (χ1n) is 11.8. The molecule has 0 spiro atoms. The lowest BCUT2D eigenvalue weighted by molar-refractivity contribution is -0.140. The van der Waals surface area contributed by atoms with E-state index in [9.17, 15) is 14.7 Å². The molecule has 8 heteroatoms. The number of hydrogen-bond donors (Lipinski definition) is 1. The van der Waals surface area contributed by atoms with Crippen LogP contribution >= 0.6 is 0 Å². The van der Waals surface area contributed by atoms with Gasteiger partial charge in [0.25, 0.3) is 11.7 Å². The summed E-state index contributed by atoms with van der Waals surface area (Å²) in [6.45, 7) is 6.11. The summed E-state index contributed by atoms with van der Waals surface area (Å²) in [6.07, 6.45) is 0.695. The number of methoxy groups -OCH3 is 2. The average Bonchev–Trinajstić information content (AvgIpc) is 3.13. The van der Waals surface area contributed by atoms with Crippen LogP contribution in [0.4, 0.5) is 0 Å². The number of aliphatic hydroxyl groups excluding tert-OH is 1. The minimum Gasteiger partial charge on any atom is -0.507 e. The number of rotatable bonds is 8. The number of para-hydroxylation sites is 1. The van der Waals surface area contributed by atoms with E-state index in [1.165, 1.54) is 0 Å². The normalized spacial score (nSPS) is 20.3. The van der Waals surface area contributed by atoms with E-state index in [4.69, 9.17) is 14.2 Å². The van der Waals surface area contributed by atoms with Crippen LogP contribution in [-0.2, 0) is 14.3 Å². The molecule has 4 rings (SSSR count). The molecule has 0 saturated carbocycles. The number of aliphatic hydroxyl groups is 1. The summed E-state index contributed by atoms with van der Waals surface area (Å²) in [7, 11) is 3.12. The van der Waals surface area contributed by atoms with Crippen LogP contribution in [0.15, 0.2) is 48.0 Å². The van der Waals surface area contributed by atoms with Gasteiger partial charge in [-0.05, 0) is 43.2 Å². The molecule has 2 aliphatic rings. The SMILES string of the molecule is COc1ccc(C(O)=C2C(=O)C(=O)N(CCCN3CCOCC3)[C@H]2c2ccccc2OC)c(C)c1. The van der Waals surface area contributed by atoms with E-state index >= 15 is 0 Å². The Morgan fingerprint density at radius 3 is 2.49 bits per heavy atom. The van der Waals surface area contributed by atoms with Crippen molar-refractivity contribution in [2.24, 2.45) is 0 Å². The van der Waals surface area contributed by atoms with Gasteiger partial charge in [-0.15, -0.1) is 0 Å². The molecule has 0 aliphatic carbocycles. The largest absolute Gasteiger partial charge is 0.507 e. The van der Waals surface area contributed by atoms with Crippen molar-refractivity contribution in [1.82, 2.24) is 9.80 Å². The Hall–Kier alpha value is -3.36. The molecule has 2 heterocycles. The van der Waals surface area contributed by atoms with Crippen LogP contribution in [0.5, 0.6) is 11.5 Å². The van der Waals surface area contributed by atoms with Gasteiger partial charge in [-0.1, -0.05) is 18.2 Å². The van der Waals surface area contributed by atoms with Crippen LogP contribution in [-0.4, -0.2) is 80.2 Å². The van der Waals surface area contributed by atoms with Crippen molar-refractivity contribution in [3.8, 4) is 11.5 Å². The Bertz CT molecular complexity index is 1120. The number of carbonyl (C=O) groups is 2. The Kier molecular flexibility index (Phi) is 7.73. The highest BCUT2D eigenvalue weighted by atomic mass is 16.5. The molecular formula is C27H32N2O6. The number of nitrogens with zero attached hydrogens (tertiary/aromatic N) is 2. The highest BCUT2D eigenvalue weighted by Crippen LogP contribution is 2.43. The van der Waals surface area contributed by atoms with E-state index < -0.39 is 17.7 Å². The second-order valence-electron chi connectivity index (χ2n) is 8.72. The zero-order chi connectivity index (χ0) is 24.9. The van der Waals surface area contributed by atoms with Gasteiger partial charge in [0.2, 0.25) is 0 Å². The Balaban J connectivity index is 1.73. The van der Waals surface area contributed by atoms with Crippen molar-refractivity contribution in [2.45, 2.75) is 19.4 Å².